The molecule has 3 saturated carbocycles. The predicted octanol–water partition coefficient (Wildman–Crippen LogP) is 4.85. The Labute approximate surface area is 177 Å². The van der Waals surface area contributed by atoms with Crippen molar-refractivity contribution in [3.05, 3.63) is 11.6 Å². The lowest BCUT2D eigenvalue weighted by atomic mass is 9.46. The van der Waals surface area contributed by atoms with Gasteiger partial charge in [0.15, 0.2) is 10.9 Å². The molecule has 0 bridgehead atoms. The summed E-state index contributed by atoms with van der Waals surface area (Å²) in [6, 6.07) is 0. The molecule has 5 rings (SSSR count). The number of thioether (sulfide) groups is 1. The largest absolute Gasteiger partial charge is 0.458 e. The maximum absolute atomic E-state index is 12.2. The molecular weight excluding hydrogens is 384 g/mol. The zero-order chi connectivity index (χ0) is 20.6. The van der Waals surface area contributed by atoms with E-state index in [9.17, 15) is 14.4 Å². The van der Waals surface area contributed by atoms with Crippen molar-refractivity contribution in [1.29, 1.82) is 0 Å². The second kappa shape index (κ2) is 6.45. The van der Waals surface area contributed by atoms with Crippen LogP contribution in [0.3, 0.4) is 0 Å². The standard InChI is InChI=1S/C24H32O4S/c1-14(25)29-19-13-15-12-16(26)4-8-22(15,2)17-5-9-23(3)18(21(17)19)6-10-24(23)11-7-20(27)28-24/h12,17-19,21H,4-11,13H2,1-3H3/t17?,18?,19?,21?,22?,23?,24-/m1/s1. The third-order valence-electron chi connectivity index (χ3n) is 9.61. The second-order valence-corrected chi connectivity index (χ2v) is 12.1. The normalized spacial score (nSPS) is 48.6. The van der Waals surface area contributed by atoms with Gasteiger partial charge in [0, 0.05) is 30.4 Å². The highest BCUT2D eigenvalue weighted by Gasteiger charge is 2.68. The average molecular weight is 417 g/mol. The van der Waals surface area contributed by atoms with Crippen molar-refractivity contribution in [1.82, 2.24) is 0 Å². The first-order valence-electron chi connectivity index (χ1n) is 11.3. The predicted molar refractivity (Wildman–Crippen MR) is 112 cm³/mol. The smallest absolute Gasteiger partial charge is 0.306 e. The molecule has 0 aromatic heterocycles. The van der Waals surface area contributed by atoms with Gasteiger partial charge in [-0.3, -0.25) is 14.4 Å². The van der Waals surface area contributed by atoms with Crippen molar-refractivity contribution < 1.29 is 19.1 Å². The minimum Gasteiger partial charge on any atom is -0.458 e. The monoisotopic (exact) mass is 416 g/mol. The first kappa shape index (κ1) is 19.8. The van der Waals surface area contributed by atoms with E-state index in [2.05, 4.69) is 13.8 Å². The Bertz CT molecular complexity index is 818. The number of allylic oxidation sites excluding steroid dienone is 1. The van der Waals surface area contributed by atoms with Crippen molar-refractivity contribution in [3.63, 3.8) is 0 Å². The van der Waals surface area contributed by atoms with Crippen LogP contribution in [0.4, 0.5) is 0 Å². The number of ketones is 1. The summed E-state index contributed by atoms with van der Waals surface area (Å²) in [6.45, 7) is 6.42. The Kier molecular flexibility index (Phi) is 4.41. The third-order valence-corrected chi connectivity index (χ3v) is 10.7. The minimum atomic E-state index is -0.287. The van der Waals surface area contributed by atoms with Gasteiger partial charge in [-0.25, -0.2) is 0 Å². The summed E-state index contributed by atoms with van der Waals surface area (Å²) in [5.41, 5.74) is 1.09. The topological polar surface area (TPSA) is 60.4 Å². The molecule has 0 N–H and O–H groups in total. The van der Waals surface area contributed by atoms with E-state index in [0.29, 0.717) is 30.6 Å². The highest BCUT2D eigenvalue weighted by atomic mass is 32.2. The summed E-state index contributed by atoms with van der Waals surface area (Å²) >= 11 is 1.50. The van der Waals surface area contributed by atoms with Gasteiger partial charge in [-0.15, -0.1) is 0 Å². The summed E-state index contributed by atoms with van der Waals surface area (Å²) in [6.07, 6.45) is 10.0. The molecule has 0 radical (unpaired) electrons. The number of esters is 1. The first-order valence-corrected chi connectivity index (χ1v) is 12.2. The molecule has 1 saturated heterocycles. The fourth-order valence-corrected chi connectivity index (χ4v) is 9.36. The van der Waals surface area contributed by atoms with Crippen LogP contribution in [-0.2, 0) is 19.1 Å². The molecule has 7 atom stereocenters. The molecular formula is C24H32O4S. The van der Waals surface area contributed by atoms with Gasteiger partial charge in [-0.2, -0.15) is 0 Å². The number of rotatable bonds is 1. The highest BCUT2D eigenvalue weighted by molar-refractivity contribution is 8.14. The number of carbonyl (C=O) groups is 3. The Morgan fingerprint density at radius 1 is 1.07 bits per heavy atom. The Hall–Kier alpha value is -1.10. The molecule has 158 valence electrons. The van der Waals surface area contributed by atoms with Crippen LogP contribution in [0.25, 0.3) is 0 Å². The highest BCUT2D eigenvalue weighted by Crippen LogP contribution is 2.70. The summed E-state index contributed by atoms with van der Waals surface area (Å²) in [5.74, 6) is 1.67. The van der Waals surface area contributed by atoms with Gasteiger partial charge < -0.3 is 4.74 Å². The van der Waals surface area contributed by atoms with Gasteiger partial charge in [0.1, 0.15) is 5.60 Å². The van der Waals surface area contributed by atoms with Crippen molar-refractivity contribution in [2.45, 2.75) is 89.4 Å². The van der Waals surface area contributed by atoms with E-state index in [4.69, 9.17) is 4.74 Å². The lowest BCUT2D eigenvalue weighted by Gasteiger charge is -2.61. The van der Waals surface area contributed by atoms with Gasteiger partial charge in [0.25, 0.3) is 0 Å². The summed E-state index contributed by atoms with van der Waals surface area (Å²) in [4.78, 5) is 36.4. The van der Waals surface area contributed by atoms with E-state index in [1.54, 1.807) is 6.92 Å². The van der Waals surface area contributed by atoms with Crippen LogP contribution >= 0.6 is 11.8 Å². The van der Waals surface area contributed by atoms with Crippen molar-refractivity contribution in [2.75, 3.05) is 0 Å². The average Bonchev–Trinajstić information content (AvgIpc) is 3.17. The lowest BCUT2D eigenvalue weighted by molar-refractivity contribution is -0.167. The molecule has 4 fully saturated rings. The molecule has 6 unspecified atom stereocenters. The van der Waals surface area contributed by atoms with Crippen LogP contribution in [0.1, 0.15) is 78.6 Å². The Balaban J connectivity index is 1.56. The van der Waals surface area contributed by atoms with Crippen LogP contribution in [0, 0.1) is 28.6 Å². The first-order chi connectivity index (χ1) is 13.7. The second-order valence-electron chi connectivity index (χ2n) is 10.7. The van der Waals surface area contributed by atoms with Crippen molar-refractivity contribution >= 4 is 28.6 Å². The third kappa shape index (κ3) is 2.68. The van der Waals surface area contributed by atoms with Crippen LogP contribution in [0.5, 0.6) is 0 Å². The number of fused-ring (bicyclic) bond motifs is 6. The van der Waals surface area contributed by atoms with Gasteiger partial charge in [-0.1, -0.05) is 31.2 Å². The Morgan fingerprint density at radius 3 is 2.52 bits per heavy atom. The number of ether oxygens (including phenoxy) is 1. The molecule has 1 heterocycles. The summed E-state index contributed by atoms with van der Waals surface area (Å²) < 4.78 is 6.06. The van der Waals surface area contributed by atoms with Crippen LogP contribution in [-0.4, -0.2) is 27.7 Å². The molecule has 0 amide bonds. The van der Waals surface area contributed by atoms with E-state index in [1.807, 2.05) is 6.08 Å². The maximum Gasteiger partial charge on any atom is 0.306 e. The fraction of sp³-hybridized carbons (Fsp3) is 0.792. The zero-order valence-electron chi connectivity index (χ0n) is 17.8. The molecule has 4 aliphatic carbocycles. The lowest BCUT2D eigenvalue weighted by Crippen LogP contribution is -2.57. The molecule has 1 aliphatic heterocycles. The molecule has 0 aromatic carbocycles. The molecule has 29 heavy (non-hydrogen) atoms. The van der Waals surface area contributed by atoms with Crippen LogP contribution in [0.15, 0.2) is 11.6 Å². The van der Waals surface area contributed by atoms with Crippen molar-refractivity contribution in [3.8, 4) is 0 Å². The van der Waals surface area contributed by atoms with Crippen molar-refractivity contribution in [2.24, 2.45) is 28.6 Å². The van der Waals surface area contributed by atoms with E-state index in [-0.39, 0.29) is 38.5 Å². The summed E-state index contributed by atoms with van der Waals surface area (Å²) in [5, 5.41) is 0.409. The van der Waals surface area contributed by atoms with Crippen LogP contribution in [0.2, 0.25) is 0 Å². The van der Waals surface area contributed by atoms with Gasteiger partial charge in [0.05, 0.1) is 0 Å². The van der Waals surface area contributed by atoms with E-state index >= 15 is 0 Å². The minimum absolute atomic E-state index is 0.0119. The molecule has 4 nitrogen and oxygen atoms in total. The van der Waals surface area contributed by atoms with Gasteiger partial charge in [0.2, 0.25) is 0 Å². The number of carbonyl (C=O) groups excluding carboxylic acids is 3. The van der Waals surface area contributed by atoms with E-state index < -0.39 is 0 Å². The van der Waals surface area contributed by atoms with Crippen LogP contribution < -0.4 is 0 Å². The maximum atomic E-state index is 12.2. The number of hydrogen-bond acceptors (Lipinski definition) is 5. The van der Waals surface area contributed by atoms with E-state index in [1.165, 1.54) is 17.3 Å². The SMILES string of the molecule is CC(=O)SC1CC2=CC(=O)CCC2(C)C2CCC3(C)C(CC[C@@]34CCC(=O)O4)C12. The van der Waals surface area contributed by atoms with Gasteiger partial charge in [-0.05, 0) is 74.2 Å². The molecule has 5 heteroatoms. The quantitative estimate of drug-likeness (QED) is 0.572. The fourth-order valence-electron chi connectivity index (χ4n) is 8.13. The molecule has 0 aromatic rings. The Morgan fingerprint density at radius 2 is 1.83 bits per heavy atom. The van der Waals surface area contributed by atoms with E-state index in [0.717, 1.165) is 44.9 Å². The molecule has 5 aliphatic rings. The molecule has 1 spiro atoms. The number of hydrogen-bond donors (Lipinski definition) is 0. The van der Waals surface area contributed by atoms with Gasteiger partial charge >= 0.3 is 5.97 Å². The zero-order valence-corrected chi connectivity index (χ0v) is 18.6. The summed E-state index contributed by atoms with van der Waals surface area (Å²) in [7, 11) is 0.